The van der Waals surface area contributed by atoms with Crippen LogP contribution in [0.1, 0.15) is 18.4 Å². The molecule has 0 saturated carbocycles. The zero-order chi connectivity index (χ0) is 15.4. The molecule has 1 fully saturated rings. The fourth-order valence-corrected chi connectivity index (χ4v) is 2.40. The standard InChI is InChI=1S/C14H15ClN2O4/c15-9-3-1-2-8(6-9)7-11(14(20)21)17-13(19)10-4-5-12(18)16-10/h1-3,6,10-11H,4-5,7H2,(H,16,18)(H,17,19)(H,20,21)/t10-,11-/m1/s1. The van der Waals surface area contributed by atoms with Gasteiger partial charge in [-0.05, 0) is 24.1 Å². The van der Waals surface area contributed by atoms with Crippen LogP contribution in [0.15, 0.2) is 24.3 Å². The fourth-order valence-electron chi connectivity index (χ4n) is 2.18. The lowest BCUT2D eigenvalue weighted by molar-refractivity contribution is -0.142. The molecule has 3 N–H and O–H groups in total. The van der Waals surface area contributed by atoms with E-state index in [4.69, 9.17) is 11.6 Å². The lowest BCUT2D eigenvalue weighted by atomic mass is 10.1. The third kappa shape index (κ3) is 4.19. The van der Waals surface area contributed by atoms with E-state index in [1.807, 2.05) is 0 Å². The predicted molar refractivity (Wildman–Crippen MR) is 75.9 cm³/mol. The number of benzene rings is 1. The van der Waals surface area contributed by atoms with E-state index in [1.54, 1.807) is 24.3 Å². The van der Waals surface area contributed by atoms with Crippen LogP contribution in [-0.4, -0.2) is 35.0 Å². The van der Waals surface area contributed by atoms with E-state index in [0.717, 1.165) is 0 Å². The summed E-state index contributed by atoms with van der Waals surface area (Å²) in [5.74, 6) is -1.81. The molecule has 112 valence electrons. The Morgan fingerprint density at radius 2 is 2.24 bits per heavy atom. The highest BCUT2D eigenvalue weighted by molar-refractivity contribution is 6.30. The van der Waals surface area contributed by atoms with Gasteiger partial charge in [0.2, 0.25) is 11.8 Å². The zero-order valence-corrected chi connectivity index (χ0v) is 11.9. The third-order valence-corrected chi connectivity index (χ3v) is 3.49. The summed E-state index contributed by atoms with van der Waals surface area (Å²) >= 11 is 5.85. The maximum Gasteiger partial charge on any atom is 0.326 e. The van der Waals surface area contributed by atoms with Gasteiger partial charge in [-0.15, -0.1) is 0 Å². The average Bonchev–Trinajstić information content (AvgIpc) is 2.84. The van der Waals surface area contributed by atoms with Crippen LogP contribution >= 0.6 is 11.6 Å². The van der Waals surface area contributed by atoms with Crippen LogP contribution in [0.2, 0.25) is 5.02 Å². The lowest BCUT2D eigenvalue weighted by Crippen LogP contribution is -2.49. The number of aliphatic carboxylic acids is 1. The summed E-state index contributed by atoms with van der Waals surface area (Å²) < 4.78 is 0. The molecule has 1 aliphatic rings. The van der Waals surface area contributed by atoms with Gasteiger partial charge in [0, 0.05) is 17.9 Å². The quantitative estimate of drug-likeness (QED) is 0.747. The normalized spacial score (nSPS) is 18.9. The first kappa shape index (κ1) is 15.3. The largest absolute Gasteiger partial charge is 0.480 e. The molecule has 2 amide bonds. The molecule has 7 heteroatoms. The minimum atomic E-state index is -1.13. The first-order valence-corrected chi connectivity index (χ1v) is 6.90. The number of halogens is 1. The second kappa shape index (κ2) is 6.58. The minimum Gasteiger partial charge on any atom is -0.480 e. The number of nitrogens with one attached hydrogen (secondary N) is 2. The first-order chi connectivity index (χ1) is 9.95. The van der Waals surface area contributed by atoms with E-state index >= 15 is 0 Å². The van der Waals surface area contributed by atoms with Gasteiger partial charge >= 0.3 is 5.97 Å². The van der Waals surface area contributed by atoms with Gasteiger partial charge < -0.3 is 15.7 Å². The van der Waals surface area contributed by atoms with Gasteiger partial charge in [0.1, 0.15) is 12.1 Å². The van der Waals surface area contributed by atoms with Gasteiger partial charge in [0.05, 0.1) is 0 Å². The molecule has 0 aromatic heterocycles. The number of hydrogen-bond donors (Lipinski definition) is 3. The maximum atomic E-state index is 11.9. The number of amides is 2. The molecule has 1 heterocycles. The smallest absolute Gasteiger partial charge is 0.326 e. The van der Waals surface area contributed by atoms with Crippen molar-refractivity contribution < 1.29 is 19.5 Å². The Morgan fingerprint density at radius 3 is 2.81 bits per heavy atom. The Labute approximate surface area is 126 Å². The zero-order valence-electron chi connectivity index (χ0n) is 11.1. The molecule has 6 nitrogen and oxygen atoms in total. The molecule has 2 atom stereocenters. The molecule has 1 aromatic rings. The van der Waals surface area contributed by atoms with E-state index in [1.165, 1.54) is 0 Å². The highest BCUT2D eigenvalue weighted by atomic mass is 35.5. The van der Waals surface area contributed by atoms with Gasteiger partial charge in [-0.2, -0.15) is 0 Å². The summed E-state index contributed by atoms with van der Waals surface area (Å²) in [7, 11) is 0. The summed E-state index contributed by atoms with van der Waals surface area (Å²) in [6.07, 6.45) is 0.792. The van der Waals surface area contributed by atoms with Crippen molar-refractivity contribution in [3.63, 3.8) is 0 Å². The van der Waals surface area contributed by atoms with E-state index in [-0.39, 0.29) is 18.7 Å². The first-order valence-electron chi connectivity index (χ1n) is 6.52. The number of carboxylic acid groups (broad SMARTS) is 1. The predicted octanol–water partition coefficient (Wildman–Crippen LogP) is 0.730. The monoisotopic (exact) mass is 310 g/mol. The molecular weight excluding hydrogens is 296 g/mol. The number of hydrogen-bond acceptors (Lipinski definition) is 3. The number of carboxylic acids is 1. The van der Waals surface area contributed by atoms with Crippen molar-refractivity contribution in [2.24, 2.45) is 0 Å². The lowest BCUT2D eigenvalue weighted by Gasteiger charge is -2.17. The van der Waals surface area contributed by atoms with Crippen LogP contribution in [0.3, 0.4) is 0 Å². The number of carbonyl (C=O) groups excluding carboxylic acids is 2. The summed E-state index contributed by atoms with van der Waals surface area (Å²) in [5, 5.41) is 14.7. The Morgan fingerprint density at radius 1 is 1.48 bits per heavy atom. The highest BCUT2D eigenvalue weighted by Crippen LogP contribution is 2.13. The van der Waals surface area contributed by atoms with E-state index in [2.05, 4.69) is 10.6 Å². The van der Waals surface area contributed by atoms with Gasteiger partial charge in [-0.3, -0.25) is 9.59 Å². The number of carbonyl (C=O) groups is 3. The van der Waals surface area contributed by atoms with E-state index < -0.39 is 24.0 Å². The molecule has 0 radical (unpaired) electrons. The second-order valence-electron chi connectivity index (χ2n) is 4.89. The van der Waals surface area contributed by atoms with Crippen molar-refractivity contribution in [2.45, 2.75) is 31.3 Å². The summed E-state index contributed by atoms with van der Waals surface area (Å²) in [6, 6.07) is 5.09. The van der Waals surface area contributed by atoms with Crippen molar-refractivity contribution >= 4 is 29.4 Å². The van der Waals surface area contributed by atoms with Crippen molar-refractivity contribution in [2.75, 3.05) is 0 Å². The SMILES string of the molecule is O=C1CC[C@H](C(=O)N[C@H](Cc2cccc(Cl)c2)C(=O)O)N1. The average molecular weight is 311 g/mol. The van der Waals surface area contributed by atoms with Crippen LogP contribution in [0.4, 0.5) is 0 Å². The maximum absolute atomic E-state index is 11.9. The topological polar surface area (TPSA) is 95.5 Å². The Kier molecular flexibility index (Phi) is 4.80. The summed E-state index contributed by atoms with van der Waals surface area (Å²) in [5.41, 5.74) is 0.714. The second-order valence-corrected chi connectivity index (χ2v) is 5.33. The van der Waals surface area contributed by atoms with Gasteiger partial charge in [0.15, 0.2) is 0 Å². The van der Waals surface area contributed by atoms with Gasteiger partial charge in [-0.1, -0.05) is 23.7 Å². The molecule has 0 aliphatic carbocycles. The molecule has 21 heavy (non-hydrogen) atoms. The van der Waals surface area contributed by atoms with Crippen molar-refractivity contribution in [3.8, 4) is 0 Å². The number of rotatable bonds is 5. The Bertz CT molecular complexity index is 576. The summed E-state index contributed by atoms with van der Waals surface area (Å²) in [6.45, 7) is 0. The minimum absolute atomic E-state index is 0.127. The third-order valence-electron chi connectivity index (χ3n) is 3.26. The summed E-state index contributed by atoms with van der Waals surface area (Å²) in [4.78, 5) is 34.3. The van der Waals surface area contributed by atoms with Gasteiger partial charge in [-0.25, -0.2) is 4.79 Å². The highest BCUT2D eigenvalue weighted by Gasteiger charge is 2.30. The van der Waals surface area contributed by atoms with Crippen LogP contribution < -0.4 is 10.6 Å². The van der Waals surface area contributed by atoms with Crippen molar-refractivity contribution in [1.29, 1.82) is 0 Å². The molecule has 1 saturated heterocycles. The molecule has 0 spiro atoms. The Hall–Kier alpha value is -2.08. The van der Waals surface area contributed by atoms with Gasteiger partial charge in [0.25, 0.3) is 0 Å². The molecule has 0 bridgehead atoms. The van der Waals surface area contributed by atoms with Crippen LogP contribution in [0.25, 0.3) is 0 Å². The molecule has 1 aromatic carbocycles. The molecule has 0 unspecified atom stereocenters. The fraction of sp³-hybridized carbons (Fsp3) is 0.357. The van der Waals surface area contributed by atoms with Crippen LogP contribution in [0.5, 0.6) is 0 Å². The van der Waals surface area contributed by atoms with E-state index in [0.29, 0.717) is 17.0 Å². The van der Waals surface area contributed by atoms with Crippen molar-refractivity contribution in [1.82, 2.24) is 10.6 Å². The molecular formula is C14H15ClN2O4. The van der Waals surface area contributed by atoms with Crippen LogP contribution in [-0.2, 0) is 20.8 Å². The van der Waals surface area contributed by atoms with Crippen molar-refractivity contribution in [3.05, 3.63) is 34.9 Å². The molecule has 2 rings (SSSR count). The molecule has 1 aliphatic heterocycles. The Balaban J connectivity index is 2.00. The van der Waals surface area contributed by atoms with E-state index in [9.17, 15) is 19.5 Å². The van der Waals surface area contributed by atoms with Crippen LogP contribution in [0, 0.1) is 0 Å².